The largest absolute Gasteiger partial charge is 0.378 e. The summed E-state index contributed by atoms with van der Waals surface area (Å²) in [6, 6.07) is 9.60. The van der Waals surface area contributed by atoms with E-state index in [1.807, 2.05) is 67.0 Å². The molecule has 2 aromatic rings. The van der Waals surface area contributed by atoms with Gasteiger partial charge in [0.25, 0.3) is 5.91 Å². The number of carbonyl (C=O) groups excluding carboxylic acids is 1. The second-order valence-corrected chi connectivity index (χ2v) is 5.64. The van der Waals surface area contributed by atoms with Crippen molar-refractivity contribution in [2.45, 2.75) is 13.5 Å². The number of amides is 1. The van der Waals surface area contributed by atoms with Gasteiger partial charge in [0, 0.05) is 42.7 Å². The van der Waals surface area contributed by atoms with E-state index in [2.05, 4.69) is 21.2 Å². The monoisotopic (exact) mass is 335 g/mol. The maximum absolute atomic E-state index is 12.3. The highest BCUT2D eigenvalue weighted by atomic mass is 79.9. The number of hydrogen-bond donors (Lipinski definition) is 1. The zero-order chi connectivity index (χ0) is 14.7. The lowest BCUT2D eigenvalue weighted by atomic mass is 10.2. The van der Waals surface area contributed by atoms with Gasteiger partial charge in [-0.15, -0.1) is 0 Å². The molecule has 0 spiro atoms. The summed E-state index contributed by atoms with van der Waals surface area (Å²) in [6.45, 7) is 2.77. The molecular weight excluding hydrogens is 318 g/mol. The van der Waals surface area contributed by atoms with Crippen molar-refractivity contribution in [2.24, 2.45) is 0 Å². The van der Waals surface area contributed by atoms with Crippen LogP contribution >= 0.6 is 15.9 Å². The molecule has 1 N–H and O–H groups in total. The second-order valence-electron chi connectivity index (χ2n) is 4.73. The molecular formula is C15H18BrN3O. The molecule has 20 heavy (non-hydrogen) atoms. The summed E-state index contributed by atoms with van der Waals surface area (Å²) in [7, 11) is 3.95. The van der Waals surface area contributed by atoms with Crippen molar-refractivity contribution < 1.29 is 4.79 Å². The number of aryl methyl sites for hydroxylation is 1. The van der Waals surface area contributed by atoms with Crippen LogP contribution in [0.4, 0.5) is 11.4 Å². The number of halogens is 1. The first kappa shape index (κ1) is 14.7. The van der Waals surface area contributed by atoms with Crippen LogP contribution in [0.5, 0.6) is 0 Å². The van der Waals surface area contributed by atoms with Crippen LogP contribution < -0.4 is 10.2 Å². The third-order valence-corrected chi connectivity index (χ3v) is 3.49. The van der Waals surface area contributed by atoms with Crippen LogP contribution in [0.1, 0.15) is 17.4 Å². The first-order valence-electron chi connectivity index (χ1n) is 6.45. The minimum atomic E-state index is -0.103. The Balaban J connectivity index is 2.21. The van der Waals surface area contributed by atoms with Crippen LogP contribution in [-0.4, -0.2) is 24.6 Å². The van der Waals surface area contributed by atoms with E-state index in [9.17, 15) is 4.79 Å². The van der Waals surface area contributed by atoms with Crippen LogP contribution in [0.2, 0.25) is 0 Å². The van der Waals surface area contributed by atoms with Crippen molar-refractivity contribution in [2.75, 3.05) is 24.3 Å². The van der Waals surface area contributed by atoms with Crippen LogP contribution in [0.15, 0.2) is 41.0 Å². The molecule has 0 saturated heterocycles. The summed E-state index contributed by atoms with van der Waals surface area (Å²) in [5.41, 5.74) is 2.49. The van der Waals surface area contributed by atoms with Gasteiger partial charge < -0.3 is 14.8 Å². The molecule has 1 aromatic carbocycles. The Labute approximate surface area is 127 Å². The summed E-state index contributed by atoms with van der Waals surface area (Å²) in [6.07, 6.45) is 1.91. The maximum Gasteiger partial charge on any atom is 0.272 e. The van der Waals surface area contributed by atoms with Crippen molar-refractivity contribution in [1.29, 1.82) is 0 Å². The molecule has 0 fully saturated rings. The van der Waals surface area contributed by atoms with E-state index in [0.29, 0.717) is 5.69 Å². The van der Waals surface area contributed by atoms with Gasteiger partial charge >= 0.3 is 0 Å². The van der Waals surface area contributed by atoms with Gasteiger partial charge in [0.15, 0.2) is 0 Å². The number of nitrogens with one attached hydrogen (secondary N) is 1. The van der Waals surface area contributed by atoms with E-state index < -0.39 is 0 Å². The summed E-state index contributed by atoms with van der Waals surface area (Å²) in [4.78, 5) is 14.3. The third kappa shape index (κ3) is 3.22. The van der Waals surface area contributed by atoms with Gasteiger partial charge in [-0.1, -0.05) is 6.07 Å². The summed E-state index contributed by atoms with van der Waals surface area (Å²) < 4.78 is 2.82. The van der Waals surface area contributed by atoms with E-state index >= 15 is 0 Å². The van der Waals surface area contributed by atoms with E-state index in [-0.39, 0.29) is 5.91 Å². The number of anilines is 2. The molecule has 5 heteroatoms. The highest BCUT2D eigenvalue weighted by Gasteiger charge is 2.12. The molecule has 0 aliphatic carbocycles. The molecule has 0 aliphatic heterocycles. The molecule has 1 amide bonds. The van der Waals surface area contributed by atoms with E-state index in [4.69, 9.17) is 0 Å². The van der Waals surface area contributed by atoms with Crippen molar-refractivity contribution in [3.63, 3.8) is 0 Å². The number of nitrogens with zero attached hydrogens (tertiary/aromatic N) is 2. The Hall–Kier alpha value is -1.75. The molecule has 0 bridgehead atoms. The quantitative estimate of drug-likeness (QED) is 0.926. The van der Waals surface area contributed by atoms with Crippen LogP contribution in [0.3, 0.4) is 0 Å². The highest BCUT2D eigenvalue weighted by molar-refractivity contribution is 9.10. The van der Waals surface area contributed by atoms with Gasteiger partial charge in [-0.3, -0.25) is 4.79 Å². The van der Waals surface area contributed by atoms with Gasteiger partial charge in [-0.2, -0.15) is 0 Å². The Kier molecular flexibility index (Phi) is 4.49. The minimum absolute atomic E-state index is 0.103. The predicted octanol–water partition coefficient (Wildman–Crippen LogP) is 3.59. The van der Waals surface area contributed by atoms with Crippen LogP contribution in [0.25, 0.3) is 0 Å². The number of hydrogen-bond acceptors (Lipinski definition) is 2. The van der Waals surface area contributed by atoms with Gasteiger partial charge in [-0.05, 0) is 47.1 Å². The topological polar surface area (TPSA) is 37.3 Å². The molecule has 0 radical (unpaired) electrons. The fourth-order valence-corrected chi connectivity index (χ4v) is 2.45. The highest BCUT2D eigenvalue weighted by Crippen LogP contribution is 2.20. The number of carbonyl (C=O) groups is 1. The molecule has 0 aliphatic rings. The van der Waals surface area contributed by atoms with Crippen LogP contribution in [0, 0.1) is 0 Å². The zero-order valence-corrected chi connectivity index (χ0v) is 13.4. The van der Waals surface area contributed by atoms with E-state index in [1.54, 1.807) is 0 Å². The van der Waals surface area contributed by atoms with Gasteiger partial charge in [-0.25, -0.2) is 0 Å². The predicted molar refractivity (Wildman–Crippen MR) is 86.5 cm³/mol. The van der Waals surface area contributed by atoms with Crippen molar-refractivity contribution >= 4 is 33.2 Å². The smallest absolute Gasteiger partial charge is 0.272 e. The summed E-state index contributed by atoms with van der Waals surface area (Å²) in [5.74, 6) is -0.103. The van der Waals surface area contributed by atoms with E-state index in [0.717, 1.165) is 22.4 Å². The Morgan fingerprint density at radius 1 is 1.35 bits per heavy atom. The Morgan fingerprint density at radius 3 is 2.75 bits per heavy atom. The molecule has 1 aromatic heterocycles. The van der Waals surface area contributed by atoms with Crippen molar-refractivity contribution in [3.05, 3.63) is 46.7 Å². The molecule has 1 heterocycles. The van der Waals surface area contributed by atoms with Crippen molar-refractivity contribution in [3.8, 4) is 0 Å². The maximum atomic E-state index is 12.3. The normalized spacial score (nSPS) is 10.4. The fraction of sp³-hybridized carbons (Fsp3) is 0.267. The number of benzene rings is 1. The van der Waals surface area contributed by atoms with Gasteiger partial charge in [0.05, 0.1) is 0 Å². The molecule has 106 valence electrons. The first-order chi connectivity index (χ1) is 9.51. The molecule has 4 nitrogen and oxygen atoms in total. The standard InChI is InChI=1S/C15H18BrN3O/c1-4-19-10-11(16)8-14(19)15(20)17-12-6-5-7-13(9-12)18(2)3/h5-10H,4H2,1-3H3,(H,17,20). The summed E-state index contributed by atoms with van der Waals surface area (Å²) in [5, 5.41) is 2.93. The second kappa shape index (κ2) is 6.13. The lowest BCUT2D eigenvalue weighted by Crippen LogP contribution is -2.17. The SMILES string of the molecule is CCn1cc(Br)cc1C(=O)Nc1cccc(N(C)C)c1. The lowest BCUT2D eigenvalue weighted by Gasteiger charge is -2.14. The summed E-state index contributed by atoms with van der Waals surface area (Å²) >= 11 is 3.40. The minimum Gasteiger partial charge on any atom is -0.378 e. The van der Waals surface area contributed by atoms with Crippen molar-refractivity contribution in [1.82, 2.24) is 4.57 Å². The first-order valence-corrected chi connectivity index (χ1v) is 7.25. The Bertz CT molecular complexity index is 619. The average molecular weight is 336 g/mol. The Morgan fingerprint density at radius 2 is 2.10 bits per heavy atom. The molecule has 0 saturated carbocycles. The van der Waals surface area contributed by atoms with Crippen LogP contribution in [-0.2, 0) is 6.54 Å². The number of rotatable bonds is 4. The molecule has 0 atom stereocenters. The average Bonchev–Trinajstić information content (AvgIpc) is 2.80. The van der Waals surface area contributed by atoms with Gasteiger partial charge in [0.1, 0.15) is 5.69 Å². The lowest BCUT2D eigenvalue weighted by molar-refractivity contribution is 0.101. The third-order valence-electron chi connectivity index (χ3n) is 3.06. The molecule has 2 rings (SSSR count). The van der Waals surface area contributed by atoms with Gasteiger partial charge in [0.2, 0.25) is 0 Å². The van der Waals surface area contributed by atoms with E-state index in [1.165, 1.54) is 0 Å². The number of aromatic nitrogens is 1. The zero-order valence-electron chi connectivity index (χ0n) is 11.9. The fourth-order valence-electron chi connectivity index (χ4n) is 1.98. The molecule has 0 unspecified atom stereocenters.